The summed E-state index contributed by atoms with van der Waals surface area (Å²) in [4.78, 5) is 11.3. The van der Waals surface area contributed by atoms with E-state index in [0.29, 0.717) is 6.04 Å². The van der Waals surface area contributed by atoms with Gasteiger partial charge in [-0.15, -0.1) is 0 Å². The number of methoxy groups -OCH3 is 1. The van der Waals surface area contributed by atoms with Crippen molar-refractivity contribution in [3.8, 4) is 0 Å². The van der Waals surface area contributed by atoms with Crippen LogP contribution in [0, 0.1) is 11.8 Å². The van der Waals surface area contributed by atoms with E-state index in [1.807, 2.05) is 6.92 Å². The van der Waals surface area contributed by atoms with Crippen molar-refractivity contribution >= 4 is 5.97 Å². The SMILES string of the molecule is COC(=O)C(C)NC1CC(C)CC(C)C1. The second-order valence-electron chi connectivity index (χ2n) is 5.03. The third-order valence-electron chi connectivity index (χ3n) is 3.22. The number of carbonyl (C=O) groups is 1. The Hall–Kier alpha value is -0.570. The van der Waals surface area contributed by atoms with Gasteiger partial charge in [-0.3, -0.25) is 4.79 Å². The molecule has 0 spiro atoms. The van der Waals surface area contributed by atoms with Crippen molar-refractivity contribution < 1.29 is 9.53 Å². The number of carbonyl (C=O) groups excluding carboxylic acids is 1. The summed E-state index contributed by atoms with van der Waals surface area (Å²) in [6, 6.07) is 0.287. The molecule has 88 valence electrons. The summed E-state index contributed by atoms with van der Waals surface area (Å²) in [5.41, 5.74) is 0. The van der Waals surface area contributed by atoms with E-state index >= 15 is 0 Å². The van der Waals surface area contributed by atoms with Gasteiger partial charge in [0.25, 0.3) is 0 Å². The molecule has 0 amide bonds. The van der Waals surface area contributed by atoms with E-state index in [-0.39, 0.29) is 12.0 Å². The molecule has 3 nitrogen and oxygen atoms in total. The quantitative estimate of drug-likeness (QED) is 0.728. The second-order valence-corrected chi connectivity index (χ2v) is 5.03. The largest absolute Gasteiger partial charge is 0.468 e. The molecule has 0 heterocycles. The number of rotatable bonds is 3. The summed E-state index contributed by atoms with van der Waals surface area (Å²) >= 11 is 0. The van der Waals surface area contributed by atoms with E-state index in [0.717, 1.165) is 11.8 Å². The van der Waals surface area contributed by atoms with Crippen molar-refractivity contribution in [2.24, 2.45) is 11.8 Å². The summed E-state index contributed by atoms with van der Waals surface area (Å²) in [6.07, 6.45) is 3.65. The molecule has 15 heavy (non-hydrogen) atoms. The van der Waals surface area contributed by atoms with Crippen molar-refractivity contribution in [3.63, 3.8) is 0 Å². The Balaban J connectivity index is 2.40. The molecule has 1 aliphatic rings. The lowest BCUT2D eigenvalue weighted by atomic mass is 9.80. The van der Waals surface area contributed by atoms with Crippen molar-refractivity contribution in [3.05, 3.63) is 0 Å². The molecule has 1 aliphatic carbocycles. The molecule has 0 aromatic rings. The van der Waals surface area contributed by atoms with Crippen molar-refractivity contribution in [1.82, 2.24) is 5.32 Å². The van der Waals surface area contributed by atoms with Gasteiger partial charge in [0.2, 0.25) is 0 Å². The summed E-state index contributed by atoms with van der Waals surface area (Å²) in [6.45, 7) is 6.44. The van der Waals surface area contributed by atoms with E-state index in [9.17, 15) is 4.79 Å². The summed E-state index contributed by atoms with van der Waals surface area (Å²) in [5.74, 6) is 1.35. The van der Waals surface area contributed by atoms with Gasteiger partial charge in [-0.2, -0.15) is 0 Å². The predicted molar refractivity (Wildman–Crippen MR) is 60.6 cm³/mol. The lowest BCUT2D eigenvalue weighted by Gasteiger charge is -2.33. The fourth-order valence-corrected chi connectivity index (χ4v) is 2.68. The third-order valence-corrected chi connectivity index (χ3v) is 3.22. The van der Waals surface area contributed by atoms with Gasteiger partial charge in [0.05, 0.1) is 7.11 Å². The fraction of sp³-hybridized carbons (Fsp3) is 0.917. The molecule has 0 aromatic heterocycles. The highest BCUT2D eigenvalue weighted by atomic mass is 16.5. The van der Waals surface area contributed by atoms with Crippen LogP contribution in [0.2, 0.25) is 0 Å². The van der Waals surface area contributed by atoms with Crippen molar-refractivity contribution in [2.45, 2.75) is 52.1 Å². The summed E-state index contributed by atoms with van der Waals surface area (Å²) in [5, 5.41) is 3.36. The first-order valence-corrected chi connectivity index (χ1v) is 5.86. The van der Waals surface area contributed by atoms with Gasteiger partial charge in [-0.05, 0) is 38.0 Å². The van der Waals surface area contributed by atoms with E-state index in [4.69, 9.17) is 4.74 Å². The Bertz CT molecular complexity index is 208. The Labute approximate surface area is 92.6 Å². The smallest absolute Gasteiger partial charge is 0.322 e. The molecule has 3 heteroatoms. The molecule has 1 N–H and O–H groups in total. The van der Waals surface area contributed by atoms with E-state index < -0.39 is 0 Å². The predicted octanol–water partition coefficient (Wildman–Crippen LogP) is 1.96. The Kier molecular flexibility index (Phi) is 4.58. The van der Waals surface area contributed by atoms with Crippen LogP contribution in [0.15, 0.2) is 0 Å². The summed E-state index contributed by atoms with van der Waals surface area (Å²) in [7, 11) is 1.44. The number of ether oxygens (including phenoxy) is 1. The Morgan fingerprint density at radius 3 is 2.27 bits per heavy atom. The Morgan fingerprint density at radius 2 is 1.80 bits per heavy atom. The normalized spacial score (nSPS) is 33.5. The molecule has 1 saturated carbocycles. The molecule has 1 rings (SSSR count). The molecular weight excluding hydrogens is 190 g/mol. The number of hydrogen-bond donors (Lipinski definition) is 1. The van der Waals surface area contributed by atoms with Gasteiger partial charge < -0.3 is 10.1 Å². The maximum atomic E-state index is 11.3. The van der Waals surface area contributed by atoms with Crippen LogP contribution in [0.25, 0.3) is 0 Å². The van der Waals surface area contributed by atoms with Crippen LogP contribution in [-0.4, -0.2) is 25.2 Å². The Morgan fingerprint density at radius 1 is 1.27 bits per heavy atom. The average Bonchev–Trinajstić information content (AvgIpc) is 2.14. The van der Waals surface area contributed by atoms with Crippen LogP contribution < -0.4 is 5.32 Å². The van der Waals surface area contributed by atoms with Gasteiger partial charge in [0.15, 0.2) is 0 Å². The fourth-order valence-electron chi connectivity index (χ4n) is 2.68. The number of hydrogen-bond acceptors (Lipinski definition) is 3. The van der Waals surface area contributed by atoms with Crippen LogP contribution in [-0.2, 0) is 9.53 Å². The van der Waals surface area contributed by atoms with Crippen molar-refractivity contribution in [2.75, 3.05) is 7.11 Å². The monoisotopic (exact) mass is 213 g/mol. The highest BCUT2D eigenvalue weighted by Crippen LogP contribution is 2.28. The zero-order chi connectivity index (χ0) is 11.4. The number of esters is 1. The van der Waals surface area contributed by atoms with E-state index in [2.05, 4.69) is 19.2 Å². The maximum absolute atomic E-state index is 11.3. The number of nitrogens with one attached hydrogen (secondary N) is 1. The molecule has 0 saturated heterocycles. The minimum Gasteiger partial charge on any atom is -0.468 e. The molecule has 0 aliphatic heterocycles. The van der Waals surface area contributed by atoms with Gasteiger partial charge in [0, 0.05) is 6.04 Å². The average molecular weight is 213 g/mol. The standard InChI is InChI=1S/C12H23NO2/c1-8-5-9(2)7-11(6-8)13-10(3)12(14)15-4/h8-11,13H,5-7H2,1-4H3. The molecule has 0 bridgehead atoms. The first-order valence-electron chi connectivity index (χ1n) is 5.86. The molecule has 0 radical (unpaired) electrons. The van der Waals surface area contributed by atoms with Gasteiger partial charge in [-0.25, -0.2) is 0 Å². The van der Waals surface area contributed by atoms with Gasteiger partial charge in [0.1, 0.15) is 6.04 Å². The van der Waals surface area contributed by atoms with Crippen molar-refractivity contribution in [1.29, 1.82) is 0 Å². The first-order chi connectivity index (χ1) is 7.02. The highest BCUT2D eigenvalue weighted by Gasteiger charge is 2.26. The molecule has 3 unspecified atom stereocenters. The minimum absolute atomic E-state index is 0.166. The molecule has 0 aromatic carbocycles. The van der Waals surface area contributed by atoms with Crippen LogP contribution >= 0.6 is 0 Å². The lowest BCUT2D eigenvalue weighted by molar-refractivity contribution is -0.143. The minimum atomic E-state index is -0.183. The summed E-state index contributed by atoms with van der Waals surface area (Å²) < 4.78 is 4.71. The van der Waals surface area contributed by atoms with Crippen LogP contribution in [0.1, 0.15) is 40.0 Å². The molecule has 3 atom stereocenters. The van der Waals surface area contributed by atoms with E-state index in [1.165, 1.54) is 26.4 Å². The van der Waals surface area contributed by atoms with Crippen LogP contribution in [0.5, 0.6) is 0 Å². The van der Waals surface area contributed by atoms with Gasteiger partial charge in [-0.1, -0.05) is 13.8 Å². The zero-order valence-electron chi connectivity index (χ0n) is 10.2. The highest BCUT2D eigenvalue weighted by molar-refractivity contribution is 5.75. The van der Waals surface area contributed by atoms with E-state index in [1.54, 1.807) is 0 Å². The van der Waals surface area contributed by atoms with Crippen LogP contribution in [0.4, 0.5) is 0 Å². The maximum Gasteiger partial charge on any atom is 0.322 e. The molecule has 1 fully saturated rings. The first kappa shape index (κ1) is 12.5. The lowest BCUT2D eigenvalue weighted by Crippen LogP contribution is -2.45. The topological polar surface area (TPSA) is 38.3 Å². The second kappa shape index (κ2) is 5.50. The zero-order valence-corrected chi connectivity index (χ0v) is 10.2. The van der Waals surface area contributed by atoms with Crippen LogP contribution in [0.3, 0.4) is 0 Å². The van der Waals surface area contributed by atoms with Gasteiger partial charge >= 0.3 is 5.97 Å². The molecular formula is C12H23NO2. The third kappa shape index (κ3) is 3.82.